The number of methoxy groups -OCH3 is 1. The molecule has 0 saturated heterocycles. The molecule has 6 nitrogen and oxygen atoms in total. The van der Waals surface area contributed by atoms with Crippen LogP contribution in [0.1, 0.15) is 13.8 Å². The second kappa shape index (κ2) is 5.13. The molecule has 1 rings (SSSR count). The first-order valence-electron chi connectivity index (χ1n) is 5.30. The van der Waals surface area contributed by atoms with Gasteiger partial charge >= 0.3 is 0 Å². The monoisotopic (exact) mass is 274 g/mol. The van der Waals surface area contributed by atoms with Crippen molar-refractivity contribution < 1.29 is 18.3 Å². The fraction of sp³-hybridized carbons (Fsp3) is 0.455. The maximum atomic E-state index is 12.2. The zero-order chi connectivity index (χ0) is 14.0. The molecular formula is C11H18N2O4S. The number of nitrogens with two attached hydrogens (primary N) is 1. The van der Waals surface area contributed by atoms with Gasteiger partial charge in [0.25, 0.3) is 0 Å². The molecule has 0 unspecified atom stereocenters. The SMILES string of the molecule is COc1cc(N)ccc1S(=O)(=O)NC(C)(C)CO. The Labute approximate surface area is 107 Å². The molecule has 0 spiro atoms. The number of aliphatic hydroxyl groups excluding tert-OH is 1. The number of sulfonamides is 1. The molecule has 0 amide bonds. The van der Waals surface area contributed by atoms with Crippen LogP contribution in [-0.4, -0.2) is 32.8 Å². The predicted octanol–water partition coefficient (Wildman–Crippen LogP) is 0.327. The molecule has 0 aromatic heterocycles. The Hall–Kier alpha value is -1.31. The third-order valence-electron chi connectivity index (χ3n) is 2.28. The van der Waals surface area contributed by atoms with Gasteiger partial charge in [0.15, 0.2) is 0 Å². The van der Waals surface area contributed by atoms with Gasteiger partial charge in [0.1, 0.15) is 10.6 Å². The number of benzene rings is 1. The van der Waals surface area contributed by atoms with Crippen LogP contribution in [0.15, 0.2) is 23.1 Å². The van der Waals surface area contributed by atoms with E-state index in [-0.39, 0.29) is 17.3 Å². The van der Waals surface area contributed by atoms with Crippen molar-refractivity contribution in [2.75, 3.05) is 19.5 Å². The van der Waals surface area contributed by atoms with Crippen LogP contribution < -0.4 is 15.2 Å². The van der Waals surface area contributed by atoms with E-state index in [1.165, 1.54) is 25.3 Å². The minimum Gasteiger partial charge on any atom is -0.495 e. The van der Waals surface area contributed by atoms with Gasteiger partial charge in [0, 0.05) is 11.8 Å². The minimum atomic E-state index is -3.78. The molecule has 1 aromatic rings. The molecule has 0 aliphatic carbocycles. The van der Waals surface area contributed by atoms with E-state index in [9.17, 15) is 8.42 Å². The van der Waals surface area contributed by atoms with Gasteiger partial charge in [-0.1, -0.05) is 0 Å². The molecule has 18 heavy (non-hydrogen) atoms. The first kappa shape index (κ1) is 14.7. The summed E-state index contributed by atoms with van der Waals surface area (Å²) in [5, 5.41) is 9.10. The first-order valence-corrected chi connectivity index (χ1v) is 6.78. The zero-order valence-electron chi connectivity index (χ0n) is 10.6. The third-order valence-corrected chi connectivity index (χ3v) is 4.02. The van der Waals surface area contributed by atoms with Crippen LogP contribution in [0.3, 0.4) is 0 Å². The lowest BCUT2D eigenvalue weighted by Gasteiger charge is -2.23. The fourth-order valence-corrected chi connectivity index (χ4v) is 2.91. The molecule has 0 fully saturated rings. The highest BCUT2D eigenvalue weighted by Crippen LogP contribution is 2.26. The van der Waals surface area contributed by atoms with Crippen LogP contribution in [0.4, 0.5) is 5.69 Å². The molecule has 0 heterocycles. The lowest BCUT2D eigenvalue weighted by atomic mass is 10.1. The Morgan fingerprint density at radius 2 is 2.06 bits per heavy atom. The summed E-state index contributed by atoms with van der Waals surface area (Å²) in [6.07, 6.45) is 0. The lowest BCUT2D eigenvalue weighted by Crippen LogP contribution is -2.46. The van der Waals surface area contributed by atoms with Crippen molar-refractivity contribution in [1.82, 2.24) is 4.72 Å². The van der Waals surface area contributed by atoms with Crippen LogP contribution in [0.2, 0.25) is 0 Å². The summed E-state index contributed by atoms with van der Waals surface area (Å²) < 4.78 is 31.7. The summed E-state index contributed by atoms with van der Waals surface area (Å²) in [6, 6.07) is 4.27. The van der Waals surface area contributed by atoms with Crippen molar-refractivity contribution in [3.8, 4) is 5.75 Å². The topological polar surface area (TPSA) is 102 Å². The number of nitrogen functional groups attached to an aromatic ring is 1. The van der Waals surface area contributed by atoms with Gasteiger partial charge in [-0.2, -0.15) is 0 Å². The van der Waals surface area contributed by atoms with Crippen molar-refractivity contribution in [3.63, 3.8) is 0 Å². The van der Waals surface area contributed by atoms with Crippen LogP contribution in [0, 0.1) is 0 Å². The molecular weight excluding hydrogens is 256 g/mol. The van der Waals surface area contributed by atoms with Crippen molar-refractivity contribution in [2.24, 2.45) is 0 Å². The normalized spacial score (nSPS) is 12.4. The largest absolute Gasteiger partial charge is 0.495 e. The fourth-order valence-electron chi connectivity index (χ4n) is 1.36. The van der Waals surface area contributed by atoms with Crippen molar-refractivity contribution >= 4 is 15.7 Å². The summed E-state index contributed by atoms with van der Waals surface area (Å²) in [7, 11) is -2.41. The average molecular weight is 274 g/mol. The van der Waals surface area contributed by atoms with Gasteiger partial charge in [-0.3, -0.25) is 0 Å². The maximum Gasteiger partial charge on any atom is 0.244 e. The van der Waals surface area contributed by atoms with E-state index in [0.29, 0.717) is 5.69 Å². The standard InChI is InChI=1S/C11H18N2O4S/c1-11(2,7-14)13-18(15,16)10-5-4-8(12)6-9(10)17-3/h4-6,13-14H,7,12H2,1-3H3. The Morgan fingerprint density at radius 3 is 2.56 bits per heavy atom. The van der Waals surface area contributed by atoms with Crippen LogP contribution in [0.25, 0.3) is 0 Å². The smallest absolute Gasteiger partial charge is 0.244 e. The molecule has 0 aliphatic rings. The Bertz CT molecular complexity index is 526. The summed E-state index contributed by atoms with van der Waals surface area (Å²) in [5.74, 6) is 0.163. The average Bonchev–Trinajstić information content (AvgIpc) is 2.27. The van der Waals surface area contributed by atoms with E-state index >= 15 is 0 Å². The summed E-state index contributed by atoms with van der Waals surface area (Å²) in [4.78, 5) is -0.0132. The van der Waals surface area contributed by atoms with Crippen molar-refractivity contribution in [1.29, 1.82) is 0 Å². The number of ether oxygens (including phenoxy) is 1. The van der Waals surface area contributed by atoms with Crippen molar-refractivity contribution in [3.05, 3.63) is 18.2 Å². The molecule has 7 heteroatoms. The van der Waals surface area contributed by atoms with Crippen LogP contribution in [0.5, 0.6) is 5.75 Å². The van der Waals surface area contributed by atoms with E-state index in [2.05, 4.69) is 4.72 Å². The zero-order valence-corrected chi connectivity index (χ0v) is 11.4. The number of hydrogen-bond acceptors (Lipinski definition) is 5. The van der Waals surface area contributed by atoms with Gasteiger partial charge in [-0.05, 0) is 26.0 Å². The summed E-state index contributed by atoms with van der Waals surface area (Å²) >= 11 is 0. The van der Waals surface area contributed by atoms with Crippen LogP contribution in [-0.2, 0) is 10.0 Å². The van der Waals surface area contributed by atoms with Gasteiger partial charge in [0.2, 0.25) is 10.0 Å². The van der Waals surface area contributed by atoms with E-state index < -0.39 is 15.6 Å². The second-order valence-corrected chi connectivity index (χ2v) is 6.21. The van der Waals surface area contributed by atoms with E-state index in [1.54, 1.807) is 13.8 Å². The molecule has 102 valence electrons. The highest BCUT2D eigenvalue weighted by molar-refractivity contribution is 7.89. The minimum absolute atomic E-state index is 0.0132. The third kappa shape index (κ3) is 3.34. The van der Waals surface area contributed by atoms with Crippen molar-refractivity contribution in [2.45, 2.75) is 24.3 Å². The molecule has 0 saturated carbocycles. The van der Waals surface area contributed by atoms with E-state index in [0.717, 1.165) is 0 Å². The van der Waals surface area contributed by atoms with Gasteiger partial charge < -0.3 is 15.6 Å². The Balaban J connectivity index is 3.21. The van der Waals surface area contributed by atoms with E-state index in [4.69, 9.17) is 15.6 Å². The summed E-state index contributed by atoms with van der Waals surface area (Å²) in [5.41, 5.74) is 5.02. The van der Waals surface area contributed by atoms with Gasteiger partial charge in [-0.15, -0.1) is 0 Å². The Kier molecular flexibility index (Phi) is 4.20. The Morgan fingerprint density at radius 1 is 1.44 bits per heavy atom. The van der Waals surface area contributed by atoms with Crippen LogP contribution >= 0.6 is 0 Å². The number of rotatable bonds is 5. The molecule has 1 aromatic carbocycles. The number of hydrogen-bond donors (Lipinski definition) is 3. The first-order chi connectivity index (χ1) is 8.22. The quantitative estimate of drug-likeness (QED) is 0.671. The molecule has 0 bridgehead atoms. The highest BCUT2D eigenvalue weighted by Gasteiger charge is 2.27. The number of anilines is 1. The highest BCUT2D eigenvalue weighted by atomic mass is 32.2. The van der Waals surface area contributed by atoms with E-state index in [1.807, 2.05) is 0 Å². The van der Waals surface area contributed by atoms with Gasteiger partial charge in [0.05, 0.1) is 19.3 Å². The second-order valence-electron chi connectivity index (χ2n) is 4.56. The molecule has 0 radical (unpaired) electrons. The lowest BCUT2D eigenvalue weighted by molar-refractivity contribution is 0.208. The van der Waals surface area contributed by atoms with Gasteiger partial charge in [-0.25, -0.2) is 13.1 Å². The number of aliphatic hydroxyl groups is 1. The maximum absolute atomic E-state index is 12.2. The predicted molar refractivity (Wildman–Crippen MR) is 68.9 cm³/mol. The molecule has 0 aliphatic heterocycles. The summed E-state index contributed by atoms with van der Waals surface area (Å²) in [6.45, 7) is 2.84. The molecule has 4 N–H and O–H groups in total. The molecule has 0 atom stereocenters. The number of nitrogens with one attached hydrogen (secondary N) is 1.